The molecule has 4 aromatic carbocycles. The number of aryl methyl sites for hydroxylation is 1. The first-order valence-corrected chi connectivity index (χ1v) is 15.3. The fourth-order valence-electron chi connectivity index (χ4n) is 4.75. The molecule has 0 aromatic heterocycles. The minimum Gasteiger partial charge on any atom is -0.378 e. The Bertz CT molecular complexity index is 1620. The molecule has 0 bridgehead atoms. The third-order valence-electron chi connectivity index (χ3n) is 7.15. The van der Waals surface area contributed by atoms with Gasteiger partial charge in [0.15, 0.2) is 5.78 Å². The maximum atomic E-state index is 13.5. The Balaban J connectivity index is 1.34. The molecule has 4 aromatic rings. The van der Waals surface area contributed by atoms with Gasteiger partial charge in [-0.05, 0) is 55.3 Å². The predicted octanol–water partition coefficient (Wildman–Crippen LogP) is 4.59. The highest BCUT2D eigenvalue weighted by Gasteiger charge is 2.26. The maximum Gasteiger partial charge on any atom is 0.242 e. The highest BCUT2D eigenvalue weighted by atomic mass is 32.2. The first-order valence-electron chi connectivity index (χ1n) is 13.8. The van der Waals surface area contributed by atoms with Crippen molar-refractivity contribution in [2.45, 2.75) is 24.3 Å². The lowest BCUT2D eigenvalue weighted by atomic mass is 9.99. The molecule has 8 nitrogen and oxygen atoms in total. The highest BCUT2D eigenvalue weighted by Crippen LogP contribution is 2.20. The van der Waals surface area contributed by atoms with E-state index in [0.717, 1.165) is 24.3 Å². The molecule has 1 saturated heterocycles. The standard InChI is InChI=1S/C33H33N3O5S/c1-24-7-17-30(18-8-24)42(39,40)35-31(23-25-9-11-27(12-10-25)32(37)26-5-3-2-4-6-26)33(38)34-28-13-15-29(16-14-28)36-19-21-41-22-20-36/h2-18,31,35H,19-23H2,1H3,(H,34,38). The van der Waals surface area contributed by atoms with Gasteiger partial charge >= 0.3 is 0 Å². The molecule has 1 aliphatic heterocycles. The molecule has 1 aliphatic rings. The van der Waals surface area contributed by atoms with Crippen molar-refractivity contribution in [3.63, 3.8) is 0 Å². The number of nitrogens with zero attached hydrogens (tertiary/aromatic N) is 1. The van der Waals surface area contributed by atoms with E-state index >= 15 is 0 Å². The van der Waals surface area contributed by atoms with E-state index in [0.29, 0.717) is 35.6 Å². The number of ether oxygens (including phenoxy) is 1. The first-order chi connectivity index (χ1) is 20.3. The van der Waals surface area contributed by atoms with Crippen LogP contribution in [0, 0.1) is 6.92 Å². The van der Waals surface area contributed by atoms with Gasteiger partial charge in [0, 0.05) is 35.6 Å². The lowest BCUT2D eigenvalue weighted by molar-refractivity contribution is -0.117. The summed E-state index contributed by atoms with van der Waals surface area (Å²) in [5.41, 5.74) is 4.29. The van der Waals surface area contributed by atoms with Crippen molar-refractivity contribution in [2.75, 3.05) is 36.5 Å². The summed E-state index contributed by atoms with van der Waals surface area (Å²) < 4.78 is 34.6. The highest BCUT2D eigenvalue weighted by molar-refractivity contribution is 7.89. The molecule has 1 atom stereocenters. The van der Waals surface area contributed by atoms with Crippen molar-refractivity contribution in [1.82, 2.24) is 4.72 Å². The number of ketones is 1. The zero-order valence-electron chi connectivity index (χ0n) is 23.3. The van der Waals surface area contributed by atoms with E-state index in [1.54, 1.807) is 72.8 Å². The van der Waals surface area contributed by atoms with Gasteiger partial charge in [0.1, 0.15) is 6.04 Å². The molecule has 1 heterocycles. The van der Waals surface area contributed by atoms with Gasteiger partial charge in [0.05, 0.1) is 18.1 Å². The minimum atomic E-state index is -4.00. The van der Waals surface area contributed by atoms with Crippen molar-refractivity contribution >= 4 is 33.1 Å². The van der Waals surface area contributed by atoms with Gasteiger partial charge in [-0.1, -0.05) is 72.3 Å². The molecule has 1 unspecified atom stereocenters. The van der Waals surface area contributed by atoms with Gasteiger partial charge in [-0.15, -0.1) is 0 Å². The van der Waals surface area contributed by atoms with Gasteiger partial charge in [-0.2, -0.15) is 4.72 Å². The van der Waals surface area contributed by atoms with Crippen molar-refractivity contribution in [1.29, 1.82) is 0 Å². The molecule has 42 heavy (non-hydrogen) atoms. The van der Waals surface area contributed by atoms with E-state index in [1.165, 1.54) is 12.1 Å². The first kappa shape index (κ1) is 29.2. The Morgan fingerprint density at radius 3 is 2.07 bits per heavy atom. The van der Waals surface area contributed by atoms with E-state index in [1.807, 2.05) is 25.1 Å². The molecule has 0 spiro atoms. The van der Waals surface area contributed by atoms with Crippen LogP contribution < -0.4 is 14.9 Å². The van der Waals surface area contributed by atoms with E-state index in [-0.39, 0.29) is 17.1 Å². The number of morpholine rings is 1. The van der Waals surface area contributed by atoms with Crippen molar-refractivity contribution in [2.24, 2.45) is 0 Å². The molecular weight excluding hydrogens is 550 g/mol. The molecule has 216 valence electrons. The molecule has 0 radical (unpaired) electrons. The van der Waals surface area contributed by atoms with Crippen molar-refractivity contribution in [3.05, 3.63) is 125 Å². The number of hydrogen-bond acceptors (Lipinski definition) is 6. The van der Waals surface area contributed by atoms with Crippen LogP contribution in [0.2, 0.25) is 0 Å². The van der Waals surface area contributed by atoms with Gasteiger partial charge in [0.2, 0.25) is 15.9 Å². The molecule has 1 amide bonds. The van der Waals surface area contributed by atoms with Crippen LogP contribution >= 0.6 is 0 Å². The second-order valence-corrected chi connectivity index (χ2v) is 11.9. The number of sulfonamides is 1. The van der Waals surface area contributed by atoms with Crippen LogP contribution in [0.15, 0.2) is 108 Å². The summed E-state index contributed by atoms with van der Waals surface area (Å²) in [7, 11) is -4.00. The van der Waals surface area contributed by atoms with Gasteiger partial charge < -0.3 is 15.0 Å². The third kappa shape index (κ3) is 7.30. The monoisotopic (exact) mass is 583 g/mol. The van der Waals surface area contributed by atoms with Crippen LogP contribution in [0.1, 0.15) is 27.0 Å². The lowest BCUT2D eigenvalue weighted by Gasteiger charge is -2.29. The van der Waals surface area contributed by atoms with Crippen LogP contribution in [0.25, 0.3) is 0 Å². The number of carbonyl (C=O) groups excluding carboxylic acids is 2. The Kier molecular flexibility index (Phi) is 9.12. The number of hydrogen-bond donors (Lipinski definition) is 2. The van der Waals surface area contributed by atoms with Crippen molar-refractivity contribution < 1.29 is 22.7 Å². The second-order valence-electron chi connectivity index (χ2n) is 10.2. The number of anilines is 2. The summed E-state index contributed by atoms with van der Waals surface area (Å²) in [6.45, 7) is 4.80. The predicted molar refractivity (Wildman–Crippen MR) is 163 cm³/mol. The zero-order valence-corrected chi connectivity index (χ0v) is 24.1. The van der Waals surface area contributed by atoms with E-state index < -0.39 is 22.0 Å². The average molecular weight is 584 g/mol. The number of rotatable bonds is 10. The molecule has 0 saturated carbocycles. The minimum absolute atomic E-state index is 0.0737. The van der Waals surface area contributed by atoms with Gasteiger partial charge in [-0.25, -0.2) is 8.42 Å². The second kappa shape index (κ2) is 13.1. The summed E-state index contributed by atoms with van der Waals surface area (Å²) in [5, 5.41) is 2.86. The number of nitrogens with one attached hydrogen (secondary N) is 2. The molecule has 2 N–H and O–H groups in total. The summed E-state index contributed by atoms with van der Waals surface area (Å²) in [6, 6.07) is 28.6. The van der Waals surface area contributed by atoms with Crippen LogP contribution in [0.4, 0.5) is 11.4 Å². The Morgan fingerprint density at radius 2 is 1.43 bits per heavy atom. The Hall–Kier alpha value is -4.31. The smallest absolute Gasteiger partial charge is 0.242 e. The summed E-state index contributed by atoms with van der Waals surface area (Å²) in [4.78, 5) is 28.6. The molecule has 5 rings (SSSR count). The largest absolute Gasteiger partial charge is 0.378 e. The van der Waals surface area contributed by atoms with Gasteiger partial charge in [0.25, 0.3) is 0 Å². The third-order valence-corrected chi connectivity index (χ3v) is 8.64. The fourth-order valence-corrected chi connectivity index (χ4v) is 5.95. The topological polar surface area (TPSA) is 105 Å². The van der Waals surface area contributed by atoms with Crippen molar-refractivity contribution in [3.8, 4) is 0 Å². The maximum absolute atomic E-state index is 13.5. The number of amides is 1. The average Bonchev–Trinajstić information content (AvgIpc) is 3.02. The van der Waals surface area contributed by atoms with Crippen LogP contribution in [-0.4, -0.2) is 52.5 Å². The van der Waals surface area contributed by atoms with Gasteiger partial charge in [-0.3, -0.25) is 9.59 Å². The summed E-state index contributed by atoms with van der Waals surface area (Å²) in [5.74, 6) is -0.605. The van der Waals surface area contributed by atoms with Crippen LogP contribution in [0.3, 0.4) is 0 Å². The molecule has 9 heteroatoms. The zero-order chi connectivity index (χ0) is 29.5. The quantitative estimate of drug-likeness (QED) is 0.265. The Labute approximate surface area is 246 Å². The summed E-state index contributed by atoms with van der Waals surface area (Å²) in [6.07, 6.45) is 0.0859. The lowest BCUT2D eigenvalue weighted by Crippen LogP contribution is -2.45. The SMILES string of the molecule is Cc1ccc(S(=O)(=O)NC(Cc2ccc(C(=O)c3ccccc3)cc2)C(=O)Nc2ccc(N3CCOCC3)cc2)cc1. The number of benzene rings is 4. The van der Waals surface area contributed by atoms with E-state index in [9.17, 15) is 18.0 Å². The van der Waals surface area contributed by atoms with Crippen LogP contribution in [0.5, 0.6) is 0 Å². The van der Waals surface area contributed by atoms with E-state index in [4.69, 9.17) is 4.74 Å². The fraction of sp³-hybridized carbons (Fsp3) is 0.212. The van der Waals surface area contributed by atoms with E-state index in [2.05, 4.69) is 14.9 Å². The summed E-state index contributed by atoms with van der Waals surface area (Å²) >= 11 is 0. The normalized spacial score (nSPS) is 14.3. The Morgan fingerprint density at radius 1 is 0.810 bits per heavy atom. The molecule has 1 fully saturated rings. The molecular formula is C33H33N3O5S. The number of carbonyl (C=O) groups is 2. The molecule has 0 aliphatic carbocycles. The van der Waals surface area contributed by atoms with Crippen LogP contribution in [-0.2, 0) is 26.0 Å².